The van der Waals surface area contributed by atoms with E-state index in [1.807, 2.05) is 18.2 Å². The number of amides is 3. The van der Waals surface area contributed by atoms with E-state index in [0.29, 0.717) is 13.1 Å². The van der Waals surface area contributed by atoms with Gasteiger partial charge in [0, 0.05) is 13.6 Å². The van der Waals surface area contributed by atoms with Crippen LogP contribution in [0, 0.1) is 0 Å². The number of nitrogens with one attached hydrogen (secondary N) is 2. The van der Waals surface area contributed by atoms with E-state index in [4.69, 9.17) is 0 Å². The Hall–Kier alpha value is -2.04. The molecule has 1 aromatic rings. The van der Waals surface area contributed by atoms with E-state index in [0.717, 1.165) is 12.8 Å². The number of carbonyl (C=O) groups is 2. The number of nitrogens with zero attached hydrogens (tertiary/aromatic N) is 1. The summed E-state index contributed by atoms with van der Waals surface area (Å²) in [4.78, 5) is 24.5. The molecule has 19 heavy (non-hydrogen) atoms. The molecular weight excluding hydrogens is 242 g/mol. The number of likely N-dealkylation sites (N-methyl/N-ethyl adjacent to an activating group) is 1. The van der Waals surface area contributed by atoms with Crippen LogP contribution in [0.2, 0.25) is 0 Å². The van der Waals surface area contributed by atoms with Gasteiger partial charge >= 0.3 is 6.03 Å². The summed E-state index contributed by atoms with van der Waals surface area (Å²) in [6.45, 7) is 1.06. The molecule has 1 atom stereocenters. The van der Waals surface area contributed by atoms with Gasteiger partial charge in [0.25, 0.3) is 0 Å². The number of aryl methyl sites for hydroxylation is 1. The monoisotopic (exact) mass is 261 g/mol. The van der Waals surface area contributed by atoms with Crippen molar-refractivity contribution in [1.82, 2.24) is 15.5 Å². The second-order valence-electron chi connectivity index (χ2n) is 4.76. The minimum Gasteiger partial charge on any atom is -0.354 e. The van der Waals surface area contributed by atoms with Crippen molar-refractivity contribution in [2.75, 3.05) is 20.1 Å². The van der Waals surface area contributed by atoms with E-state index < -0.39 is 6.04 Å². The predicted octanol–water partition coefficient (Wildman–Crippen LogP) is 0.759. The first kappa shape index (κ1) is 13.4. The molecule has 0 radical (unpaired) electrons. The molecule has 0 aliphatic carbocycles. The van der Waals surface area contributed by atoms with Crippen LogP contribution >= 0.6 is 0 Å². The molecule has 1 heterocycles. The molecule has 1 aliphatic heterocycles. The minimum absolute atomic E-state index is 0.106. The number of carbonyl (C=O) groups excluding carboxylic acids is 2. The Labute approximate surface area is 113 Å². The van der Waals surface area contributed by atoms with Gasteiger partial charge in [0.15, 0.2) is 0 Å². The van der Waals surface area contributed by atoms with E-state index in [1.165, 1.54) is 10.5 Å². The molecule has 2 N–H and O–H groups in total. The average molecular weight is 261 g/mol. The van der Waals surface area contributed by atoms with Gasteiger partial charge in [-0.2, -0.15) is 0 Å². The standard InChI is InChI=1S/C14H19N3O2/c1-17-10-12(16-14(17)19)13(18)15-9-5-8-11-6-3-2-4-7-11/h2-4,6-7,12H,5,8-10H2,1H3,(H,15,18)(H,16,19). The lowest BCUT2D eigenvalue weighted by molar-refractivity contribution is -0.122. The van der Waals surface area contributed by atoms with E-state index in [1.54, 1.807) is 7.05 Å². The van der Waals surface area contributed by atoms with Crippen molar-refractivity contribution < 1.29 is 9.59 Å². The Morgan fingerprint density at radius 1 is 1.42 bits per heavy atom. The van der Waals surface area contributed by atoms with E-state index in [9.17, 15) is 9.59 Å². The van der Waals surface area contributed by atoms with Crippen LogP contribution in [-0.2, 0) is 11.2 Å². The molecule has 1 fully saturated rings. The summed E-state index contributed by atoms with van der Waals surface area (Å²) < 4.78 is 0. The van der Waals surface area contributed by atoms with Crippen molar-refractivity contribution in [3.63, 3.8) is 0 Å². The van der Waals surface area contributed by atoms with Gasteiger partial charge in [-0.3, -0.25) is 4.79 Å². The summed E-state index contributed by atoms with van der Waals surface area (Å²) >= 11 is 0. The molecule has 1 aromatic carbocycles. The largest absolute Gasteiger partial charge is 0.354 e. The maximum absolute atomic E-state index is 11.8. The first-order chi connectivity index (χ1) is 9.16. The highest BCUT2D eigenvalue weighted by molar-refractivity contribution is 5.90. The van der Waals surface area contributed by atoms with Gasteiger partial charge in [-0.05, 0) is 18.4 Å². The van der Waals surface area contributed by atoms with Gasteiger partial charge in [-0.1, -0.05) is 30.3 Å². The van der Waals surface area contributed by atoms with Crippen LogP contribution in [0.4, 0.5) is 4.79 Å². The highest BCUT2D eigenvalue weighted by Gasteiger charge is 2.30. The SMILES string of the molecule is CN1CC(C(=O)NCCCc2ccccc2)NC1=O. The Bertz CT molecular complexity index is 447. The minimum atomic E-state index is -0.422. The fraction of sp³-hybridized carbons (Fsp3) is 0.429. The van der Waals surface area contributed by atoms with Crippen molar-refractivity contribution in [3.8, 4) is 0 Å². The Morgan fingerprint density at radius 2 is 2.16 bits per heavy atom. The van der Waals surface area contributed by atoms with Crippen molar-refractivity contribution >= 4 is 11.9 Å². The summed E-state index contributed by atoms with van der Waals surface area (Å²) in [6.07, 6.45) is 1.84. The summed E-state index contributed by atoms with van der Waals surface area (Å²) in [7, 11) is 1.68. The lowest BCUT2D eigenvalue weighted by Gasteiger charge is -2.10. The molecule has 5 heteroatoms. The van der Waals surface area contributed by atoms with E-state index in [2.05, 4.69) is 22.8 Å². The van der Waals surface area contributed by atoms with Crippen LogP contribution in [-0.4, -0.2) is 43.0 Å². The zero-order chi connectivity index (χ0) is 13.7. The van der Waals surface area contributed by atoms with Gasteiger partial charge in [-0.15, -0.1) is 0 Å². The van der Waals surface area contributed by atoms with Crippen molar-refractivity contribution in [2.24, 2.45) is 0 Å². The topological polar surface area (TPSA) is 61.4 Å². The Balaban J connectivity index is 1.66. The molecular formula is C14H19N3O2. The van der Waals surface area contributed by atoms with Crippen LogP contribution in [0.3, 0.4) is 0 Å². The molecule has 5 nitrogen and oxygen atoms in total. The summed E-state index contributed by atoms with van der Waals surface area (Å²) in [5.74, 6) is -0.106. The van der Waals surface area contributed by atoms with Crippen LogP contribution in [0.1, 0.15) is 12.0 Å². The summed E-state index contributed by atoms with van der Waals surface area (Å²) in [6, 6.07) is 9.56. The highest BCUT2D eigenvalue weighted by Crippen LogP contribution is 2.03. The number of rotatable bonds is 5. The molecule has 102 valence electrons. The first-order valence-corrected chi connectivity index (χ1v) is 6.50. The van der Waals surface area contributed by atoms with Crippen LogP contribution in [0.5, 0.6) is 0 Å². The van der Waals surface area contributed by atoms with Crippen molar-refractivity contribution in [3.05, 3.63) is 35.9 Å². The van der Waals surface area contributed by atoms with Crippen LogP contribution in [0.25, 0.3) is 0 Å². The number of benzene rings is 1. The fourth-order valence-corrected chi connectivity index (χ4v) is 2.08. The van der Waals surface area contributed by atoms with Crippen LogP contribution < -0.4 is 10.6 Å². The molecule has 0 spiro atoms. The lowest BCUT2D eigenvalue weighted by Crippen LogP contribution is -2.43. The molecule has 2 rings (SSSR count). The zero-order valence-electron chi connectivity index (χ0n) is 11.1. The van der Waals surface area contributed by atoms with Crippen LogP contribution in [0.15, 0.2) is 30.3 Å². The summed E-state index contributed by atoms with van der Waals surface area (Å²) in [5, 5.41) is 5.49. The maximum atomic E-state index is 11.8. The normalized spacial score (nSPS) is 18.3. The molecule has 1 unspecified atom stereocenters. The van der Waals surface area contributed by atoms with Gasteiger partial charge in [0.2, 0.25) is 5.91 Å². The van der Waals surface area contributed by atoms with Crippen molar-refractivity contribution in [1.29, 1.82) is 0 Å². The quantitative estimate of drug-likeness (QED) is 0.769. The maximum Gasteiger partial charge on any atom is 0.317 e. The Morgan fingerprint density at radius 3 is 2.79 bits per heavy atom. The van der Waals surface area contributed by atoms with Gasteiger partial charge < -0.3 is 15.5 Å². The molecule has 1 saturated heterocycles. The zero-order valence-corrected chi connectivity index (χ0v) is 11.1. The average Bonchev–Trinajstić information content (AvgIpc) is 2.76. The predicted molar refractivity (Wildman–Crippen MR) is 72.7 cm³/mol. The molecule has 0 saturated carbocycles. The smallest absolute Gasteiger partial charge is 0.317 e. The third-order valence-electron chi connectivity index (χ3n) is 3.20. The third kappa shape index (κ3) is 3.71. The van der Waals surface area contributed by atoms with Gasteiger partial charge in [0.1, 0.15) is 6.04 Å². The number of hydrogen-bond acceptors (Lipinski definition) is 2. The number of hydrogen-bond donors (Lipinski definition) is 2. The first-order valence-electron chi connectivity index (χ1n) is 6.50. The highest BCUT2D eigenvalue weighted by atomic mass is 16.2. The molecule has 0 bridgehead atoms. The molecule has 3 amide bonds. The fourth-order valence-electron chi connectivity index (χ4n) is 2.08. The van der Waals surface area contributed by atoms with E-state index >= 15 is 0 Å². The second-order valence-corrected chi connectivity index (χ2v) is 4.76. The van der Waals surface area contributed by atoms with Gasteiger partial charge in [0.05, 0.1) is 6.54 Å². The summed E-state index contributed by atoms with van der Waals surface area (Å²) in [5.41, 5.74) is 1.27. The van der Waals surface area contributed by atoms with Gasteiger partial charge in [-0.25, -0.2) is 4.79 Å². The Kier molecular flexibility index (Phi) is 4.39. The van der Waals surface area contributed by atoms with E-state index in [-0.39, 0.29) is 11.9 Å². The van der Waals surface area contributed by atoms with Crippen molar-refractivity contribution in [2.45, 2.75) is 18.9 Å². The number of urea groups is 1. The second kappa shape index (κ2) is 6.22. The third-order valence-corrected chi connectivity index (χ3v) is 3.20. The molecule has 1 aliphatic rings. The lowest BCUT2D eigenvalue weighted by atomic mass is 10.1. The molecule has 0 aromatic heterocycles.